The highest BCUT2D eigenvalue weighted by molar-refractivity contribution is 5.83. The maximum Gasteiger partial charge on any atom is 0.227 e. The SMILES string of the molecule is CC(C(=O)NCC1CC1C)c1cccc(N)c1. The zero-order chi connectivity index (χ0) is 12.4. The van der Waals surface area contributed by atoms with Crippen molar-refractivity contribution in [2.75, 3.05) is 12.3 Å². The van der Waals surface area contributed by atoms with Gasteiger partial charge in [-0.3, -0.25) is 4.79 Å². The summed E-state index contributed by atoms with van der Waals surface area (Å²) < 4.78 is 0. The summed E-state index contributed by atoms with van der Waals surface area (Å²) >= 11 is 0. The van der Waals surface area contributed by atoms with Crippen LogP contribution >= 0.6 is 0 Å². The van der Waals surface area contributed by atoms with Crippen molar-refractivity contribution in [2.24, 2.45) is 11.8 Å². The highest BCUT2D eigenvalue weighted by Gasteiger charge is 2.32. The third-order valence-electron chi connectivity index (χ3n) is 3.62. The number of benzene rings is 1. The Balaban J connectivity index is 1.90. The van der Waals surface area contributed by atoms with Crippen molar-refractivity contribution in [3.63, 3.8) is 0 Å². The maximum atomic E-state index is 11.9. The Morgan fingerprint density at radius 2 is 2.29 bits per heavy atom. The molecule has 3 N–H and O–H groups in total. The Labute approximate surface area is 102 Å². The van der Waals surface area contributed by atoms with Gasteiger partial charge in [-0.25, -0.2) is 0 Å². The van der Waals surface area contributed by atoms with Gasteiger partial charge in [-0.15, -0.1) is 0 Å². The van der Waals surface area contributed by atoms with Crippen LogP contribution in [0.3, 0.4) is 0 Å². The molecular weight excluding hydrogens is 212 g/mol. The number of nitrogens with two attached hydrogens (primary N) is 1. The summed E-state index contributed by atoms with van der Waals surface area (Å²) in [6, 6.07) is 7.53. The van der Waals surface area contributed by atoms with E-state index in [1.54, 1.807) is 0 Å². The van der Waals surface area contributed by atoms with Crippen LogP contribution < -0.4 is 11.1 Å². The average Bonchev–Trinajstić information content (AvgIpc) is 3.01. The molecule has 0 radical (unpaired) electrons. The zero-order valence-electron chi connectivity index (χ0n) is 10.4. The van der Waals surface area contributed by atoms with Gasteiger partial charge in [0.15, 0.2) is 0 Å². The van der Waals surface area contributed by atoms with Gasteiger partial charge in [0, 0.05) is 12.2 Å². The smallest absolute Gasteiger partial charge is 0.227 e. The van der Waals surface area contributed by atoms with Crippen molar-refractivity contribution in [2.45, 2.75) is 26.2 Å². The van der Waals surface area contributed by atoms with Crippen LogP contribution in [-0.4, -0.2) is 12.5 Å². The zero-order valence-corrected chi connectivity index (χ0v) is 10.4. The minimum absolute atomic E-state index is 0.0923. The summed E-state index contributed by atoms with van der Waals surface area (Å²) in [4.78, 5) is 11.9. The van der Waals surface area contributed by atoms with Crippen LogP contribution in [0.4, 0.5) is 5.69 Å². The van der Waals surface area contributed by atoms with E-state index < -0.39 is 0 Å². The van der Waals surface area contributed by atoms with E-state index in [2.05, 4.69) is 12.2 Å². The third kappa shape index (κ3) is 2.99. The topological polar surface area (TPSA) is 55.1 Å². The summed E-state index contributed by atoms with van der Waals surface area (Å²) in [6.07, 6.45) is 1.24. The molecule has 0 aliphatic heterocycles. The molecule has 3 nitrogen and oxygen atoms in total. The van der Waals surface area contributed by atoms with E-state index in [-0.39, 0.29) is 11.8 Å². The molecule has 0 bridgehead atoms. The van der Waals surface area contributed by atoms with Crippen LogP contribution in [0.25, 0.3) is 0 Å². The molecule has 1 fully saturated rings. The van der Waals surface area contributed by atoms with Gasteiger partial charge in [0.2, 0.25) is 5.91 Å². The normalized spacial score (nSPS) is 24.1. The van der Waals surface area contributed by atoms with E-state index in [9.17, 15) is 4.79 Å². The first kappa shape index (κ1) is 12.0. The van der Waals surface area contributed by atoms with E-state index >= 15 is 0 Å². The third-order valence-corrected chi connectivity index (χ3v) is 3.62. The molecule has 1 aromatic rings. The van der Waals surface area contributed by atoms with E-state index in [1.165, 1.54) is 6.42 Å². The van der Waals surface area contributed by atoms with Crippen LogP contribution in [0.5, 0.6) is 0 Å². The summed E-state index contributed by atoms with van der Waals surface area (Å²) in [6.45, 7) is 4.95. The highest BCUT2D eigenvalue weighted by atomic mass is 16.1. The minimum atomic E-state index is -0.132. The maximum absolute atomic E-state index is 11.9. The lowest BCUT2D eigenvalue weighted by Crippen LogP contribution is -2.30. The number of hydrogen-bond donors (Lipinski definition) is 2. The number of amides is 1. The molecule has 1 aliphatic carbocycles. The molecule has 0 aromatic heterocycles. The van der Waals surface area contributed by atoms with Gasteiger partial charge in [0.25, 0.3) is 0 Å². The van der Waals surface area contributed by atoms with Crippen LogP contribution in [0.2, 0.25) is 0 Å². The molecule has 1 saturated carbocycles. The summed E-state index contributed by atoms with van der Waals surface area (Å²) in [5, 5.41) is 3.01. The number of carbonyl (C=O) groups excluding carboxylic acids is 1. The van der Waals surface area contributed by atoms with Crippen LogP contribution in [0, 0.1) is 11.8 Å². The van der Waals surface area contributed by atoms with Crippen molar-refractivity contribution in [3.8, 4) is 0 Å². The van der Waals surface area contributed by atoms with Crippen molar-refractivity contribution >= 4 is 11.6 Å². The van der Waals surface area contributed by atoms with Crippen molar-refractivity contribution in [1.29, 1.82) is 0 Å². The van der Waals surface area contributed by atoms with Gasteiger partial charge < -0.3 is 11.1 Å². The first-order valence-corrected chi connectivity index (χ1v) is 6.21. The highest BCUT2D eigenvalue weighted by Crippen LogP contribution is 2.36. The quantitative estimate of drug-likeness (QED) is 0.781. The van der Waals surface area contributed by atoms with Gasteiger partial charge in [0.05, 0.1) is 5.92 Å². The first-order valence-electron chi connectivity index (χ1n) is 6.21. The predicted molar refractivity (Wildman–Crippen MR) is 69.6 cm³/mol. The second-order valence-electron chi connectivity index (χ2n) is 5.11. The molecule has 17 heavy (non-hydrogen) atoms. The fraction of sp³-hybridized carbons (Fsp3) is 0.500. The fourth-order valence-corrected chi connectivity index (χ4v) is 2.05. The Morgan fingerprint density at radius 1 is 1.59 bits per heavy atom. The van der Waals surface area contributed by atoms with E-state index in [0.717, 1.165) is 18.0 Å². The predicted octanol–water partition coefficient (Wildman–Crippen LogP) is 2.14. The van der Waals surface area contributed by atoms with Gasteiger partial charge in [-0.2, -0.15) is 0 Å². The van der Waals surface area contributed by atoms with Crippen molar-refractivity contribution in [3.05, 3.63) is 29.8 Å². The first-order chi connectivity index (χ1) is 8.08. The molecule has 1 amide bonds. The summed E-state index contributed by atoms with van der Waals surface area (Å²) in [5.74, 6) is 1.42. The Morgan fingerprint density at radius 3 is 2.88 bits per heavy atom. The van der Waals surface area contributed by atoms with E-state index in [4.69, 9.17) is 5.73 Å². The molecule has 0 spiro atoms. The number of anilines is 1. The largest absolute Gasteiger partial charge is 0.399 e. The van der Waals surface area contributed by atoms with Gasteiger partial charge in [0.1, 0.15) is 0 Å². The fourth-order valence-electron chi connectivity index (χ4n) is 2.05. The second kappa shape index (κ2) is 4.78. The Kier molecular flexibility index (Phi) is 3.36. The molecule has 2 rings (SSSR count). The van der Waals surface area contributed by atoms with E-state index in [1.807, 2.05) is 31.2 Å². The van der Waals surface area contributed by atoms with Gasteiger partial charge in [-0.1, -0.05) is 19.1 Å². The molecule has 3 heteroatoms. The minimum Gasteiger partial charge on any atom is -0.399 e. The van der Waals surface area contributed by atoms with Crippen molar-refractivity contribution < 1.29 is 4.79 Å². The monoisotopic (exact) mass is 232 g/mol. The number of carbonyl (C=O) groups is 1. The lowest BCUT2D eigenvalue weighted by molar-refractivity contribution is -0.122. The molecule has 3 unspecified atom stereocenters. The van der Waals surface area contributed by atoms with Gasteiger partial charge in [-0.05, 0) is 42.9 Å². The summed E-state index contributed by atoms with van der Waals surface area (Å²) in [5.41, 5.74) is 7.40. The van der Waals surface area contributed by atoms with Crippen LogP contribution in [0.15, 0.2) is 24.3 Å². The van der Waals surface area contributed by atoms with Crippen molar-refractivity contribution in [1.82, 2.24) is 5.32 Å². The molecule has 0 saturated heterocycles. The molecular formula is C14H20N2O. The number of rotatable bonds is 4. The second-order valence-corrected chi connectivity index (χ2v) is 5.11. The number of nitrogen functional groups attached to an aromatic ring is 1. The average molecular weight is 232 g/mol. The molecule has 3 atom stereocenters. The lowest BCUT2D eigenvalue weighted by Gasteiger charge is -2.12. The Bertz CT molecular complexity index is 416. The molecule has 0 heterocycles. The molecule has 92 valence electrons. The Hall–Kier alpha value is -1.51. The van der Waals surface area contributed by atoms with Crippen LogP contribution in [0.1, 0.15) is 31.7 Å². The number of hydrogen-bond acceptors (Lipinski definition) is 2. The molecule has 1 aromatic carbocycles. The summed E-state index contributed by atoms with van der Waals surface area (Å²) in [7, 11) is 0. The lowest BCUT2D eigenvalue weighted by atomic mass is 10.00. The van der Waals surface area contributed by atoms with Crippen LogP contribution in [-0.2, 0) is 4.79 Å². The van der Waals surface area contributed by atoms with Gasteiger partial charge >= 0.3 is 0 Å². The standard InChI is InChI=1S/C14H20N2O/c1-9-6-12(9)8-16-14(17)10(2)11-4-3-5-13(15)7-11/h3-5,7,9-10,12H,6,8,15H2,1-2H3,(H,16,17). The molecule has 1 aliphatic rings. The number of nitrogens with one attached hydrogen (secondary N) is 1. The van der Waals surface area contributed by atoms with E-state index in [0.29, 0.717) is 11.6 Å².